The maximum atomic E-state index is 12.6. The van der Waals surface area contributed by atoms with Crippen molar-refractivity contribution >= 4 is 11.6 Å². The largest absolute Gasteiger partial charge is 0.493 e. The standard InChI is InChI=1S/C17H16F3NO4/c1-23-13-8-10(9-14(24-2)15(13)25-3)16(22)21-12-6-4-11(5-7-12)17(18,19)20/h4-9H,1-3H3,(H,21,22). The highest BCUT2D eigenvalue weighted by Crippen LogP contribution is 2.38. The number of ether oxygens (including phenoxy) is 3. The predicted molar refractivity (Wildman–Crippen MR) is 85.5 cm³/mol. The minimum absolute atomic E-state index is 0.203. The molecule has 134 valence electrons. The summed E-state index contributed by atoms with van der Waals surface area (Å²) in [7, 11) is 4.26. The lowest BCUT2D eigenvalue weighted by Crippen LogP contribution is -2.13. The van der Waals surface area contributed by atoms with Crippen LogP contribution in [0.25, 0.3) is 0 Å². The van der Waals surface area contributed by atoms with Crippen LogP contribution in [0.3, 0.4) is 0 Å². The molecule has 2 aromatic carbocycles. The second kappa shape index (κ2) is 7.33. The highest BCUT2D eigenvalue weighted by atomic mass is 19.4. The molecule has 0 bridgehead atoms. The first-order valence-corrected chi connectivity index (χ1v) is 7.08. The number of halogens is 3. The minimum atomic E-state index is -4.43. The fourth-order valence-corrected chi connectivity index (χ4v) is 2.16. The second-order valence-electron chi connectivity index (χ2n) is 4.94. The van der Waals surface area contributed by atoms with E-state index in [4.69, 9.17) is 14.2 Å². The van der Waals surface area contributed by atoms with Gasteiger partial charge in [0.05, 0.1) is 26.9 Å². The lowest BCUT2D eigenvalue weighted by Gasteiger charge is -2.14. The maximum absolute atomic E-state index is 12.6. The normalized spacial score (nSPS) is 11.0. The summed E-state index contributed by atoms with van der Waals surface area (Å²) in [5.74, 6) is 0.383. The van der Waals surface area contributed by atoms with Crippen LogP contribution in [-0.2, 0) is 6.18 Å². The molecule has 0 aliphatic carbocycles. The number of rotatable bonds is 5. The molecule has 0 heterocycles. The quantitative estimate of drug-likeness (QED) is 0.881. The maximum Gasteiger partial charge on any atom is 0.416 e. The predicted octanol–water partition coefficient (Wildman–Crippen LogP) is 3.98. The summed E-state index contributed by atoms with van der Waals surface area (Å²) in [5, 5.41) is 2.52. The Morgan fingerprint density at radius 3 is 1.84 bits per heavy atom. The van der Waals surface area contributed by atoms with E-state index in [1.165, 1.54) is 45.6 Å². The SMILES string of the molecule is COc1cc(C(=O)Nc2ccc(C(F)(F)F)cc2)cc(OC)c1OC. The van der Waals surface area contributed by atoms with Crippen molar-refractivity contribution < 1.29 is 32.2 Å². The number of anilines is 1. The third kappa shape index (κ3) is 4.14. The van der Waals surface area contributed by atoms with Gasteiger partial charge in [0, 0.05) is 11.3 Å². The molecule has 0 aromatic heterocycles. The van der Waals surface area contributed by atoms with Crippen LogP contribution in [0.15, 0.2) is 36.4 Å². The number of hydrogen-bond acceptors (Lipinski definition) is 4. The zero-order valence-corrected chi connectivity index (χ0v) is 13.7. The summed E-state index contributed by atoms with van der Waals surface area (Å²) in [6.07, 6.45) is -4.43. The highest BCUT2D eigenvalue weighted by Gasteiger charge is 2.30. The molecule has 1 N–H and O–H groups in total. The number of hydrogen-bond donors (Lipinski definition) is 1. The number of alkyl halides is 3. The Hall–Kier alpha value is -2.90. The first-order valence-electron chi connectivity index (χ1n) is 7.08. The van der Waals surface area contributed by atoms with Crippen molar-refractivity contribution in [2.24, 2.45) is 0 Å². The Kier molecular flexibility index (Phi) is 5.41. The molecule has 1 amide bonds. The van der Waals surface area contributed by atoms with Crippen molar-refractivity contribution in [3.8, 4) is 17.2 Å². The van der Waals surface area contributed by atoms with E-state index >= 15 is 0 Å². The Balaban J connectivity index is 2.26. The molecule has 0 fully saturated rings. The molecule has 0 spiro atoms. The van der Waals surface area contributed by atoms with Crippen LogP contribution in [-0.4, -0.2) is 27.2 Å². The van der Waals surface area contributed by atoms with E-state index in [0.29, 0.717) is 17.2 Å². The third-order valence-corrected chi connectivity index (χ3v) is 3.40. The van der Waals surface area contributed by atoms with Crippen LogP contribution in [0.2, 0.25) is 0 Å². The van der Waals surface area contributed by atoms with E-state index in [9.17, 15) is 18.0 Å². The monoisotopic (exact) mass is 355 g/mol. The average Bonchev–Trinajstić information content (AvgIpc) is 2.59. The Morgan fingerprint density at radius 2 is 1.44 bits per heavy atom. The number of benzene rings is 2. The zero-order chi connectivity index (χ0) is 18.6. The van der Waals surface area contributed by atoms with Crippen molar-refractivity contribution in [2.75, 3.05) is 26.6 Å². The van der Waals surface area contributed by atoms with Crippen molar-refractivity contribution in [3.05, 3.63) is 47.5 Å². The molecule has 2 aromatic rings. The van der Waals surface area contributed by atoms with Gasteiger partial charge < -0.3 is 19.5 Å². The summed E-state index contributed by atoms with van der Waals surface area (Å²) >= 11 is 0. The summed E-state index contributed by atoms with van der Waals surface area (Å²) in [6, 6.07) is 7.04. The smallest absolute Gasteiger partial charge is 0.416 e. The van der Waals surface area contributed by atoms with Crippen LogP contribution in [0.1, 0.15) is 15.9 Å². The van der Waals surface area contributed by atoms with Crippen molar-refractivity contribution in [2.45, 2.75) is 6.18 Å². The number of carbonyl (C=O) groups is 1. The van der Waals surface area contributed by atoms with Gasteiger partial charge in [0.2, 0.25) is 5.75 Å². The van der Waals surface area contributed by atoms with E-state index in [0.717, 1.165) is 12.1 Å². The zero-order valence-electron chi connectivity index (χ0n) is 13.7. The minimum Gasteiger partial charge on any atom is -0.493 e. The molecule has 0 atom stereocenters. The second-order valence-corrected chi connectivity index (χ2v) is 4.94. The van der Waals surface area contributed by atoms with Gasteiger partial charge in [-0.15, -0.1) is 0 Å². The van der Waals surface area contributed by atoms with Gasteiger partial charge in [-0.3, -0.25) is 4.79 Å². The van der Waals surface area contributed by atoms with Crippen molar-refractivity contribution in [1.29, 1.82) is 0 Å². The van der Waals surface area contributed by atoms with Crippen molar-refractivity contribution in [3.63, 3.8) is 0 Å². The summed E-state index contributed by atoms with van der Waals surface area (Å²) in [4.78, 5) is 12.3. The number of nitrogens with one attached hydrogen (secondary N) is 1. The van der Waals surface area contributed by atoms with Crippen molar-refractivity contribution in [1.82, 2.24) is 0 Å². The van der Waals surface area contributed by atoms with Gasteiger partial charge in [-0.05, 0) is 36.4 Å². The van der Waals surface area contributed by atoms with Gasteiger partial charge in [0.25, 0.3) is 5.91 Å². The molecule has 0 radical (unpaired) electrons. The summed E-state index contributed by atoms with van der Waals surface area (Å²) in [6.45, 7) is 0. The van der Waals surface area contributed by atoms with Crippen LogP contribution in [0.4, 0.5) is 18.9 Å². The lowest BCUT2D eigenvalue weighted by atomic mass is 10.1. The van der Waals surface area contributed by atoms with Gasteiger partial charge in [0.1, 0.15) is 0 Å². The molecule has 5 nitrogen and oxygen atoms in total. The first-order chi connectivity index (χ1) is 11.8. The highest BCUT2D eigenvalue weighted by molar-refractivity contribution is 6.05. The Labute approximate surface area is 142 Å². The fraction of sp³-hybridized carbons (Fsp3) is 0.235. The molecular formula is C17H16F3NO4. The fourth-order valence-electron chi connectivity index (χ4n) is 2.16. The topological polar surface area (TPSA) is 56.8 Å². The van der Waals surface area contributed by atoms with Gasteiger partial charge in [0.15, 0.2) is 11.5 Å². The molecule has 25 heavy (non-hydrogen) atoms. The number of carbonyl (C=O) groups excluding carboxylic acids is 1. The molecule has 0 aliphatic heterocycles. The van der Waals surface area contributed by atoms with E-state index in [2.05, 4.69) is 5.32 Å². The molecular weight excluding hydrogens is 339 g/mol. The molecule has 0 saturated carbocycles. The average molecular weight is 355 g/mol. The molecule has 0 unspecified atom stereocenters. The van der Waals surface area contributed by atoms with E-state index in [-0.39, 0.29) is 11.3 Å². The molecule has 2 rings (SSSR count). The first kappa shape index (κ1) is 18.4. The molecule has 0 aliphatic rings. The molecule has 0 saturated heterocycles. The van der Waals surface area contributed by atoms with Gasteiger partial charge in [-0.1, -0.05) is 0 Å². The Bertz CT molecular complexity index is 732. The van der Waals surface area contributed by atoms with Crippen LogP contribution < -0.4 is 19.5 Å². The molecule has 8 heteroatoms. The third-order valence-electron chi connectivity index (χ3n) is 3.40. The van der Waals surface area contributed by atoms with E-state index in [1.54, 1.807) is 0 Å². The van der Waals surface area contributed by atoms with E-state index < -0.39 is 17.6 Å². The number of amides is 1. The number of methoxy groups -OCH3 is 3. The van der Waals surface area contributed by atoms with Gasteiger partial charge in [-0.25, -0.2) is 0 Å². The van der Waals surface area contributed by atoms with E-state index in [1.807, 2.05) is 0 Å². The van der Waals surface area contributed by atoms with Crippen LogP contribution >= 0.6 is 0 Å². The van der Waals surface area contributed by atoms with Gasteiger partial charge >= 0.3 is 6.18 Å². The van der Waals surface area contributed by atoms with Crippen LogP contribution in [0.5, 0.6) is 17.2 Å². The van der Waals surface area contributed by atoms with Crippen LogP contribution in [0, 0.1) is 0 Å². The lowest BCUT2D eigenvalue weighted by molar-refractivity contribution is -0.137. The summed E-state index contributed by atoms with van der Waals surface area (Å²) < 4.78 is 53.2. The Morgan fingerprint density at radius 1 is 0.920 bits per heavy atom. The van der Waals surface area contributed by atoms with Gasteiger partial charge in [-0.2, -0.15) is 13.2 Å². The summed E-state index contributed by atoms with van der Waals surface area (Å²) in [5.41, 5.74) is -0.362.